The maximum absolute atomic E-state index is 14.4. The maximum atomic E-state index is 14.4. The van der Waals surface area contributed by atoms with Crippen molar-refractivity contribution in [2.24, 2.45) is 0 Å². The number of nitrogens with zero attached hydrogens (tertiary/aromatic N) is 2. The number of aromatic nitrogens is 1. The Labute approximate surface area is 146 Å². The quantitative estimate of drug-likeness (QED) is 0.878. The lowest BCUT2D eigenvalue weighted by Gasteiger charge is -2.24. The van der Waals surface area contributed by atoms with Gasteiger partial charge in [0.05, 0.1) is 11.4 Å². The predicted molar refractivity (Wildman–Crippen MR) is 92.6 cm³/mol. The van der Waals surface area contributed by atoms with E-state index >= 15 is 0 Å². The highest BCUT2D eigenvalue weighted by Gasteiger charge is 2.32. The van der Waals surface area contributed by atoms with E-state index in [1.165, 1.54) is 18.0 Å². The Morgan fingerprint density at radius 3 is 2.68 bits per heavy atom. The SMILES string of the molecule is CNS(=O)(=O)CC1CCCN1C(=O)c1ccc(-n2cccc2)c(F)c1. The normalized spacial score (nSPS) is 17.8. The highest BCUT2D eigenvalue weighted by atomic mass is 32.2. The first-order valence-corrected chi connectivity index (χ1v) is 9.71. The van der Waals surface area contributed by atoms with Crippen molar-refractivity contribution in [1.29, 1.82) is 0 Å². The van der Waals surface area contributed by atoms with Crippen LogP contribution in [0.1, 0.15) is 23.2 Å². The second-order valence-corrected chi connectivity index (χ2v) is 8.01. The van der Waals surface area contributed by atoms with Crippen molar-refractivity contribution in [3.05, 3.63) is 54.1 Å². The lowest BCUT2D eigenvalue weighted by Crippen LogP contribution is -2.41. The van der Waals surface area contributed by atoms with E-state index < -0.39 is 21.9 Å². The van der Waals surface area contributed by atoms with E-state index in [9.17, 15) is 17.6 Å². The third-order valence-electron chi connectivity index (χ3n) is 4.44. The van der Waals surface area contributed by atoms with Crippen molar-refractivity contribution in [1.82, 2.24) is 14.2 Å². The molecule has 1 aliphatic heterocycles. The molecule has 1 aromatic carbocycles. The van der Waals surface area contributed by atoms with Gasteiger partial charge in [-0.25, -0.2) is 17.5 Å². The topological polar surface area (TPSA) is 71.4 Å². The second-order valence-electron chi connectivity index (χ2n) is 6.04. The van der Waals surface area contributed by atoms with Crippen LogP contribution in [0.2, 0.25) is 0 Å². The molecule has 0 saturated carbocycles. The third kappa shape index (κ3) is 3.74. The molecule has 0 radical (unpaired) electrons. The molecule has 1 saturated heterocycles. The fraction of sp³-hybridized carbons (Fsp3) is 0.353. The first-order chi connectivity index (χ1) is 11.9. The van der Waals surface area contributed by atoms with Crippen LogP contribution in [-0.4, -0.2) is 49.2 Å². The van der Waals surface area contributed by atoms with Gasteiger partial charge in [-0.2, -0.15) is 0 Å². The van der Waals surface area contributed by atoms with Crippen LogP contribution in [0.25, 0.3) is 5.69 Å². The zero-order valence-corrected chi connectivity index (χ0v) is 14.7. The molecule has 1 unspecified atom stereocenters. The van der Waals surface area contributed by atoms with E-state index in [-0.39, 0.29) is 17.2 Å². The molecule has 1 aromatic heterocycles. The van der Waals surface area contributed by atoms with Crippen molar-refractivity contribution < 1.29 is 17.6 Å². The van der Waals surface area contributed by atoms with Gasteiger partial charge in [0.15, 0.2) is 0 Å². The number of carbonyl (C=O) groups is 1. The van der Waals surface area contributed by atoms with Gasteiger partial charge in [-0.1, -0.05) is 0 Å². The first-order valence-electron chi connectivity index (χ1n) is 8.06. The van der Waals surface area contributed by atoms with Gasteiger partial charge in [-0.15, -0.1) is 0 Å². The number of amides is 1. The number of likely N-dealkylation sites (tertiary alicyclic amines) is 1. The summed E-state index contributed by atoms with van der Waals surface area (Å²) in [6.07, 6.45) is 4.80. The largest absolute Gasteiger partial charge is 0.335 e. The summed E-state index contributed by atoms with van der Waals surface area (Å²) in [7, 11) is -2.06. The molecule has 2 aromatic rings. The molecule has 1 fully saturated rings. The Morgan fingerprint density at radius 1 is 1.32 bits per heavy atom. The van der Waals surface area contributed by atoms with Gasteiger partial charge < -0.3 is 9.47 Å². The fourth-order valence-electron chi connectivity index (χ4n) is 3.12. The Kier molecular flexibility index (Phi) is 4.91. The van der Waals surface area contributed by atoms with Gasteiger partial charge in [0.2, 0.25) is 10.0 Å². The van der Waals surface area contributed by atoms with Crippen LogP contribution in [0.5, 0.6) is 0 Å². The summed E-state index contributed by atoms with van der Waals surface area (Å²) in [6, 6.07) is 7.52. The number of carbonyl (C=O) groups excluding carboxylic acids is 1. The Balaban J connectivity index is 1.82. The maximum Gasteiger partial charge on any atom is 0.254 e. The molecule has 1 aliphatic rings. The smallest absolute Gasteiger partial charge is 0.254 e. The van der Waals surface area contributed by atoms with Crippen molar-refractivity contribution >= 4 is 15.9 Å². The van der Waals surface area contributed by atoms with Crippen LogP contribution >= 0.6 is 0 Å². The Hall–Kier alpha value is -2.19. The molecule has 8 heteroatoms. The van der Waals surface area contributed by atoms with Crippen LogP contribution in [-0.2, 0) is 10.0 Å². The van der Waals surface area contributed by atoms with Gasteiger partial charge in [0, 0.05) is 30.5 Å². The zero-order chi connectivity index (χ0) is 18.0. The molecule has 0 bridgehead atoms. The number of benzene rings is 1. The summed E-state index contributed by atoms with van der Waals surface area (Å²) in [5.41, 5.74) is 0.583. The van der Waals surface area contributed by atoms with Crippen LogP contribution in [0.4, 0.5) is 4.39 Å². The number of sulfonamides is 1. The average molecular weight is 365 g/mol. The van der Waals surface area contributed by atoms with Crippen molar-refractivity contribution in [3.8, 4) is 5.69 Å². The number of hydrogen-bond acceptors (Lipinski definition) is 3. The summed E-state index contributed by atoms with van der Waals surface area (Å²) in [4.78, 5) is 14.2. The summed E-state index contributed by atoms with van der Waals surface area (Å²) >= 11 is 0. The molecule has 25 heavy (non-hydrogen) atoms. The monoisotopic (exact) mass is 365 g/mol. The summed E-state index contributed by atoms with van der Waals surface area (Å²) in [5, 5.41) is 0. The Bertz CT molecular complexity index is 865. The van der Waals surface area contributed by atoms with E-state index in [0.717, 1.165) is 6.42 Å². The van der Waals surface area contributed by atoms with Crippen molar-refractivity contribution in [2.75, 3.05) is 19.3 Å². The third-order valence-corrected chi connectivity index (χ3v) is 5.88. The molecule has 0 aliphatic carbocycles. The minimum atomic E-state index is -3.42. The molecule has 134 valence electrons. The van der Waals surface area contributed by atoms with Crippen molar-refractivity contribution in [3.63, 3.8) is 0 Å². The Morgan fingerprint density at radius 2 is 2.04 bits per heavy atom. The lowest BCUT2D eigenvalue weighted by molar-refractivity contribution is 0.0748. The highest BCUT2D eigenvalue weighted by molar-refractivity contribution is 7.89. The van der Waals surface area contributed by atoms with E-state index in [0.29, 0.717) is 18.7 Å². The lowest BCUT2D eigenvalue weighted by atomic mass is 10.1. The van der Waals surface area contributed by atoms with Gasteiger partial charge in [0.1, 0.15) is 5.82 Å². The molecule has 6 nitrogen and oxygen atoms in total. The van der Waals surface area contributed by atoms with Gasteiger partial charge >= 0.3 is 0 Å². The van der Waals surface area contributed by atoms with Gasteiger partial charge in [-0.3, -0.25) is 4.79 Å². The number of halogens is 1. The summed E-state index contributed by atoms with van der Waals surface area (Å²) < 4.78 is 41.8. The van der Waals surface area contributed by atoms with Gasteiger partial charge in [-0.05, 0) is 50.2 Å². The molecular weight excluding hydrogens is 345 g/mol. The number of hydrogen-bond donors (Lipinski definition) is 1. The summed E-state index contributed by atoms with van der Waals surface area (Å²) in [5.74, 6) is -0.980. The fourth-order valence-corrected chi connectivity index (χ4v) is 4.14. The van der Waals surface area contributed by atoms with Gasteiger partial charge in [0.25, 0.3) is 5.91 Å². The molecule has 2 heterocycles. The summed E-state index contributed by atoms with van der Waals surface area (Å²) in [6.45, 7) is 0.476. The molecule has 3 rings (SSSR count). The van der Waals surface area contributed by atoms with E-state index in [1.54, 1.807) is 41.2 Å². The minimum Gasteiger partial charge on any atom is -0.335 e. The van der Waals surface area contributed by atoms with Crippen LogP contribution in [0.15, 0.2) is 42.7 Å². The average Bonchev–Trinajstić information content (AvgIpc) is 3.25. The highest BCUT2D eigenvalue weighted by Crippen LogP contribution is 2.23. The molecule has 1 N–H and O–H groups in total. The molecule has 0 spiro atoms. The van der Waals surface area contributed by atoms with Crippen LogP contribution in [0, 0.1) is 5.82 Å². The van der Waals surface area contributed by atoms with Crippen molar-refractivity contribution in [2.45, 2.75) is 18.9 Å². The predicted octanol–water partition coefficient (Wildman–Crippen LogP) is 1.77. The first kappa shape index (κ1) is 17.6. The van der Waals surface area contributed by atoms with E-state index in [1.807, 2.05) is 0 Å². The minimum absolute atomic E-state index is 0.140. The molecular formula is C17H20FN3O3S. The zero-order valence-electron chi connectivity index (χ0n) is 13.9. The van der Waals surface area contributed by atoms with Crippen LogP contribution in [0.3, 0.4) is 0 Å². The second kappa shape index (κ2) is 6.97. The van der Waals surface area contributed by atoms with E-state index in [2.05, 4.69) is 4.72 Å². The molecule has 1 atom stereocenters. The number of rotatable bonds is 5. The van der Waals surface area contributed by atoms with E-state index in [4.69, 9.17) is 0 Å². The van der Waals surface area contributed by atoms with Crippen LogP contribution < -0.4 is 4.72 Å². The standard InChI is InChI=1S/C17H20FN3O3S/c1-19-25(23,24)12-14-5-4-10-21(14)17(22)13-6-7-16(15(18)11-13)20-8-2-3-9-20/h2-3,6-9,11,14,19H,4-5,10,12H2,1H3. The molecule has 1 amide bonds. The number of nitrogens with one attached hydrogen (secondary N) is 1.